The first-order valence-corrected chi connectivity index (χ1v) is 8.94. The summed E-state index contributed by atoms with van der Waals surface area (Å²) < 4.78 is 0. The molecule has 0 bridgehead atoms. The van der Waals surface area contributed by atoms with Gasteiger partial charge >= 0.3 is 5.97 Å². The second kappa shape index (κ2) is 6.51. The summed E-state index contributed by atoms with van der Waals surface area (Å²) in [6.45, 7) is 9.02. The van der Waals surface area contributed by atoms with Crippen molar-refractivity contribution in [3.05, 3.63) is 64.2 Å². The summed E-state index contributed by atoms with van der Waals surface area (Å²) in [5.41, 5.74) is 5.91. The molecule has 0 aromatic heterocycles. The van der Waals surface area contributed by atoms with Gasteiger partial charge < -0.3 is 5.11 Å². The number of fused-ring (bicyclic) bond motifs is 1. The van der Waals surface area contributed by atoms with Crippen molar-refractivity contribution in [2.45, 2.75) is 47.0 Å². The lowest BCUT2D eigenvalue weighted by Gasteiger charge is -2.33. The number of carbonyl (C=O) groups is 1. The fourth-order valence-electron chi connectivity index (χ4n) is 4.00. The molecule has 0 saturated carbocycles. The monoisotopic (exact) mass is 334 g/mol. The lowest BCUT2D eigenvalue weighted by molar-refractivity contribution is 0.0697. The van der Waals surface area contributed by atoms with Crippen LogP contribution in [0.1, 0.15) is 61.5 Å². The Kier molecular flexibility index (Phi) is 4.55. The number of aromatic carboxylic acids is 1. The van der Waals surface area contributed by atoms with Gasteiger partial charge in [-0.05, 0) is 78.1 Å². The van der Waals surface area contributed by atoms with Gasteiger partial charge in [-0.2, -0.15) is 0 Å². The number of benzene rings is 2. The van der Waals surface area contributed by atoms with Crippen LogP contribution in [0.2, 0.25) is 0 Å². The average Bonchev–Trinajstić information content (AvgIpc) is 2.55. The van der Waals surface area contributed by atoms with Gasteiger partial charge in [0.1, 0.15) is 0 Å². The quantitative estimate of drug-likeness (QED) is 0.706. The van der Waals surface area contributed by atoms with E-state index in [1.165, 1.54) is 41.5 Å². The lowest BCUT2D eigenvalue weighted by Crippen LogP contribution is -2.18. The molecule has 0 unspecified atom stereocenters. The summed E-state index contributed by atoms with van der Waals surface area (Å²) in [6, 6.07) is 9.45. The third-order valence-electron chi connectivity index (χ3n) is 5.55. The lowest BCUT2D eigenvalue weighted by atomic mass is 9.72. The van der Waals surface area contributed by atoms with Crippen molar-refractivity contribution in [2.24, 2.45) is 5.41 Å². The van der Waals surface area contributed by atoms with Crippen LogP contribution < -0.4 is 0 Å². The summed E-state index contributed by atoms with van der Waals surface area (Å²) in [5, 5.41) is 11.2. The van der Waals surface area contributed by atoms with Crippen molar-refractivity contribution < 1.29 is 9.90 Å². The van der Waals surface area contributed by atoms with Crippen LogP contribution in [0.15, 0.2) is 47.6 Å². The maximum absolute atomic E-state index is 11.1. The fraction of sp³-hybridized carbons (Fsp3) is 0.348. The fourth-order valence-corrected chi connectivity index (χ4v) is 4.00. The highest BCUT2D eigenvalue weighted by Crippen LogP contribution is 2.41. The molecule has 130 valence electrons. The third kappa shape index (κ3) is 3.39. The molecule has 3 rings (SSSR count). The minimum absolute atomic E-state index is 0.236. The summed E-state index contributed by atoms with van der Waals surface area (Å²) in [7, 11) is 0. The molecular weight excluding hydrogens is 308 g/mol. The molecule has 0 heterocycles. The normalized spacial score (nSPS) is 17.4. The van der Waals surface area contributed by atoms with Crippen LogP contribution in [-0.4, -0.2) is 11.1 Å². The van der Waals surface area contributed by atoms with Gasteiger partial charge in [-0.3, -0.25) is 0 Å². The van der Waals surface area contributed by atoms with Gasteiger partial charge in [-0.15, -0.1) is 0 Å². The van der Waals surface area contributed by atoms with Crippen molar-refractivity contribution in [3.8, 4) is 0 Å². The van der Waals surface area contributed by atoms with Gasteiger partial charge in [0.2, 0.25) is 0 Å². The van der Waals surface area contributed by atoms with Gasteiger partial charge in [-0.25, -0.2) is 4.79 Å². The van der Waals surface area contributed by atoms with E-state index in [2.05, 4.69) is 45.9 Å². The molecule has 0 fully saturated rings. The first kappa shape index (κ1) is 17.5. The van der Waals surface area contributed by atoms with Crippen molar-refractivity contribution in [1.29, 1.82) is 0 Å². The van der Waals surface area contributed by atoms with Crippen LogP contribution in [0.3, 0.4) is 0 Å². The molecule has 0 amide bonds. The zero-order valence-electron chi connectivity index (χ0n) is 15.5. The highest BCUT2D eigenvalue weighted by molar-refractivity contribution is 5.96. The summed E-state index contributed by atoms with van der Waals surface area (Å²) in [5.74, 6) is -0.884. The number of aryl methyl sites for hydroxylation is 1. The predicted octanol–water partition coefficient (Wildman–Crippen LogP) is 6.39. The van der Waals surface area contributed by atoms with Crippen LogP contribution >= 0.6 is 0 Å². The number of allylic oxidation sites excluding steroid dienone is 3. The second-order valence-corrected chi connectivity index (χ2v) is 7.79. The van der Waals surface area contributed by atoms with Crippen LogP contribution in [0.4, 0.5) is 0 Å². The molecule has 2 aromatic carbocycles. The van der Waals surface area contributed by atoms with Gasteiger partial charge in [-0.1, -0.05) is 49.8 Å². The Morgan fingerprint density at radius 1 is 1.12 bits per heavy atom. The van der Waals surface area contributed by atoms with Crippen molar-refractivity contribution in [3.63, 3.8) is 0 Å². The zero-order chi connectivity index (χ0) is 18.2. The SMILES string of the molecule is CC1=C(C=Cc2ccc3cc(C(=O)O)ccc3c2C)C(C)(C)CCC1. The van der Waals surface area contributed by atoms with E-state index in [9.17, 15) is 4.79 Å². The summed E-state index contributed by atoms with van der Waals surface area (Å²) >= 11 is 0. The van der Waals surface area contributed by atoms with Crippen LogP contribution in [0, 0.1) is 12.3 Å². The van der Waals surface area contributed by atoms with E-state index >= 15 is 0 Å². The van der Waals surface area contributed by atoms with Crippen molar-refractivity contribution in [1.82, 2.24) is 0 Å². The molecule has 1 aliphatic rings. The van der Waals surface area contributed by atoms with Crippen LogP contribution in [0.25, 0.3) is 16.8 Å². The van der Waals surface area contributed by atoms with Gasteiger partial charge in [0.15, 0.2) is 0 Å². The van der Waals surface area contributed by atoms with E-state index in [0.29, 0.717) is 5.56 Å². The first-order valence-electron chi connectivity index (χ1n) is 8.94. The number of hydrogen-bond acceptors (Lipinski definition) is 1. The molecule has 0 atom stereocenters. The van der Waals surface area contributed by atoms with Gasteiger partial charge in [0, 0.05) is 0 Å². The molecule has 2 aromatic rings. The second-order valence-electron chi connectivity index (χ2n) is 7.79. The summed E-state index contributed by atoms with van der Waals surface area (Å²) in [6.07, 6.45) is 8.20. The molecule has 1 N–H and O–H groups in total. The molecule has 0 radical (unpaired) electrons. The van der Waals surface area contributed by atoms with Crippen molar-refractivity contribution in [2.75, 3.05) is 0 Å². The molecular formula is C23H26O2. The number of rotatable bonds is 3. The number of carboxylic acids is 1. The Balaban J connectivity index is 2.01. The molecule has 1 aliphatic carbocycles. The standard InChI is InChI=1S/C23H26O2/c1-15-6-5-13-23(3,4)21(15)12-10-17-7-8-18-14-19(22(24)25)9-11-20(18)16(17)2/h7-12,14H,5-6,13H2,1-4H3,(H,24,25). The Bertz CT molecular complexity index is 898. The van der Waals surface area contributed by atoms with Crippen LogP contribution in [-0.2, 0) is 0 Å². The Labute approximate surface area is 149 Å². The smallest absolute Gasteiger partial charge is 0.335 e. The highest BCUT2D eigenvalue weighted by atomic mass is 16.4. The highest BCUT2D eigenvalue weighted by Gasteiger charge is 2.26. The summed E-state index contributed by atoms with van der Waals surface area (Å²) in [4.78, 5) is 11.1. The first-order chi connectivity index (χ1) is 11.8. The molecule has 0 saturated heterocycles. The Hall–Kier alpha value is -2.35. The maximum atomic E-state index is 11.1. The third-order valence-corrected chi connectivity index (χ3v) is 5.55. The predicted molar refractivity (Wildman–Crippen MR) is 105 cm³/mol. The van der Waals surface area contributed by atoms with E-state index < -0.39 is 5.97 Å². The number of hydrogen-bond donors (Lipinski definition) is 1. The molecule has 0 aliphatic heterocycles. The maximum Gasteiger partial charge on any atom is 0.335 e. The van der Waals surface area contributed by atoms with Crippen molar-refractivity contribution >= 4 is 22.8 Å². The van der Waals surface area contributed by atoms with Gasteiger partial charge in [0.25, 0.3) is 0 Å². The zero-order valence-corrected chi connectivity index (χ0v) is 15.5. The molecule has 2 nitrogen and oxygen atoms in total. The average molecular weight is 334 g/mol. The van der Waals surface area contributed by atoms with E-state index in [1.54, 1.807) is 12.1 Å². The molecule has 25 heavy (non-hydrogen) atoms. The largest absolute Gasteiger partial charge is 0.478 e. The van der Waals surface area contributed by atoms with Gasteiger partial charge in [0.05, 0.1) is 5.56 Å². The van der Waals surface area contributed by atoms with Crippen LogP contribution in [0.5, 0.6) is 0 Å². The Morgan fingerprint density at radius 3 is 2.56 bits per heavy atom. The Morgan fingerprint density at radius 2 is 1.88 bits per heavy atom. The molecule has 2 heteroatoms. The van der Waals surface area contributed by atoms with E-state index in [0.717, 1.165) is 10.8 Å². The minimum atomic E-state index is -0.884. The van der Waals surface area contributed by atoms with E-state index in [1.807, 2.05) is 12.1 Å². The topological polar surface area (TPSA) is 37.3 Å². The van der Waals surface area contributed by atoms with E-state index in [4.69, 9.17) is 5.11 Å². The molecule has 0 spiro atoms. The number of carboxylic acid groups (broad SMARTS) is 1. The minimum Gasteiger partial charge on any atom is -0.478 e. The van der Waals surface area contributed by atoms with E-state index in [-0.39, 0.29) is 5.41 Å².